The number of aliphatic hydroxyl groups excluding tert-OH is 1. The minimum Gasteiger partial charge on any atom is -0.507 e. The van der Waals surface area contributed by atoms with Gasteiger partial charge in [0.1, 0.15) is 11.6 Å². The molecule has 5 nitrogen and oxygen atoms in total. The number of aryl methyl sites for hydroxylation is 1. The summed E-state index contributed by atoms with van der Waals surface area (Å²) in [5.74, 6) is -1.24. The van der Waals surface area contributed by atoms with Crippen molar-refractivity contribution >= 4 is 23.3 Å². The fraction of sp³-hybridized carbons (Fsp3) is 0.0870. The maximum Gasteiger partial charge on any atom is 0.301 e. The zero-order valence-electron chi connectivity index (χ0n) is 15.2. The molecule has 1 atom stereocenters. The van der Waals surface area contributed by atoms with Crippen molar-refractivity contribution in [2.24, 2.45) is 0 Å². The van der Waals surface area contributed by atoms with Crippen molar-refractivity contribution in [3.63, 3.8) is 0 Å². The molecule has 0 bridgehead atoms. The molecule has 1 aliphatic rings. The average molecular weight is 370 g/mol. The van der Waals surface area contributed by atoms with Gasteiger partial charge >= 0.3 is 5.91 Å². The van der Waals surface area contributed by atoms with Crippen LogP contribution in [0.25, 0.3) is 5.76 Å². The number of hydrogen-bond acceptors (Lipinski definition) is 4. The molecule has 1 fully saturated rings. The number of carbonyl (C=O) groups is 2. The largest absolute Gasteiger partial charge is 0.507 e. The Kier molecular flexibility index (Phi) is 4.49. The molecule has 0 saturated carbocycles. The molecule has 1 saturated heterocycles. The van der Waals surface area contributed by atoms with Gasteiger partial charge in [0.15, 0.2) is 0 Å². The molecular weight excluding hydrogens is 352 g/mol. The number of Topliss-reactive ketones (excluding diaryl/α,β-unsaturated/α-hetero) is 1. The number of benzene rings is 2. The number of amides is 1. The van der Waals surface area contributed by atoms with Crippen LogP contribution >= 0.6 is 0 Å². The van der Waals surface area contributed by atoms with Gasteiger partial charge in [-0.05, 0) is 24.6 Å². The van der Waals surface area contributed by atoms with Crippen LogP contribution in [-0.4, -0.2) is 21.8 Å². The summed E-state index contributed by atoms with van der Waals surface area (Å²) in [6, 6.07) is 22.5. The molecule has 28 heavy (non-hydrogen) atoms. The Labute approximate surface area is 162 Å². The van der Waals surface area contributed by atoms with Crippen molar-refractivity contribution in [1.82, 2.24) is 4.98 Å². The van der Waals surface area contributed by atoms with Gasteiger partial charge in [0.05, 0.1) is 11.6 Å². The maximum atomic E-state index is 12.9. The van der Waals surface area contributed by atoms with E-state index in [1.165, 1.54) is 4.90 Å². The van der Waals surface area contributed by atoms with E-state index >= 15 is 0 Å². The van der Waals surface area contributed by atoms with E-state index in [1.807, 2.05) is 49.4 Å². The van der Waals surface area contributed by atoms with E-state index in [0.717, 1.165) is 11.3 Å². The van der Waals surface area contributed by atoms with Crippen LogP contribution in [0.1, 0.15) is 22.9 Å². The van der Waals surface area contributed by atoms with Crippen molar-refractivity contribution < 1.29 is 14.7 Å². The molecule has 0 spiro atoms. The molecular formula is C23H18N2O3. The van der Waals surface area contributed by atoms with Crippen LogP contribution < -0.4 is 4.90 Å². The summed E-state index contributed by atoms with van der Waals surface area (Å²) < 4.78 is 0. The highest BCUT2D eigenvalue weighted by atomic mass is 16.3. The maximum absolute atomic E-state index is 12.9. The predicted octanol–water partition coefficient (Wildman–Crippen LogP) is 4.02. The lowest BCUT2D eigenvalue weighted by Crippen LogP contribution is -2.30. The third kappa shape index (κ3) is 2.97. The van der Waals surface area contributed by atoms with Crippen molar-refractivity contribution in [2.45, 2.75) is 13.0 Å². The summed E-state index contributed by atoms with van der Waals surface area (Å²) >= 11 is 0. The van der Waals surface area contributed by atoms with Gasteiger partial charge in [-0.1, -0.05) is 66.7 Å². The Balaban J connectivity index is 1.95. The van der Waals surface area contributed by atoms with E-state index < -0.39 is 17.7 Å². The van der Waals surface area contributed by atoms with E-state index in [9.17, 15) is 14.7 Å². The van der Waals surface area contributed by atoms with E-state index in [0.29, 0.717) is 11.4 Å². The number of aliphatic hydroxyl groups is 1. The molecule has 4 rings (SSSR count). The van der Waals surface area contributed by atoms with Crippen molar-refractivity contribution in [2.75, 3.05) is 4.90 Å². The second-order valence-electron chi connectivity index (χ2n) is 6.58. The van der Waals surface area contributed by atoms with Gasteiger partial charge in [-0.2, -0.15) is 0 Å². The standard InChI is InChI=1S/C23H18N2O3/c1-15-9-8-14-18(24-15)25-20(16-10-4-2-5-11-16)19(22(27)23(25)28)21(26)17-12-6-3-7-13-17/h2-14,20,26H,1H3/t20-/m0/s1. The monoisotopic (exact) mass is 370 g/mol. The first-order valence-corrected chi connectivity index (χ1v) is 8.93. The smallest absolute Gasteiger partial charge is 0.301 e. The summed E-state index contributed by atoms with van der Waals surface area (Å²) in [5.41, 5.74) is 2.00. The summed E-state index contributed by atoms with van der Waals surface area (Å²) in [6.07, 6.45) is 0. The number of aromatic nitrogens is 1. The van der Waals surface area contributed by atoms with Crippen molar-refractivity contribution in [1.29, 1.82) is 0 Å². The summed E-state index contributed by atoms with van der Waals surface area (Å²) in [7, 11) is 0. The molecule has 2 aromatic carbocycles. The Bertz CT molecular complexity index is 1080. The number of hydrogen-bond donors (Lipinski definition) is 1. The van der Waals surface area contributed by atoms with Gasteiger partial charge in [0.2, 0.25) is 0 Å². The van der Waals surface area contributed by atoms with Crippen LogP contribution in [0, 0.1) is 6.92 Å². The quantitative estimate of drug-likeness (QED) is 0.429. The average Bonchev–Trinajstić information content (AvgIpc) is 3.00. The Morgan fingerprint density at radius 2 is 1.54 bits per heavy atom. The highest BCUT2D eigenvalue weighted by molar-refractivity contribution is 6.51. The second-order valence-corrected chi connectivity index (χ2v) is 6.58. The van der Waals surface area contributed by atoms with Gasteiger partial charge in [-0.15, -0.1) is 0 Å². The van der Waals surface area contributed by atoms with E-state index in [-0.39, 0.29) is 11.3 Å². The van der Waals surface area contributed by atoms with Gasteiger partial charge in [0.25, 0.3) is 5.78 Å². The summed E-state index contributed by atoms with van der Waals surface area (Å²) in [5, 5.41) is 10.9. The third-order valence-corrected chi connectivity index (χ3v) is 4.73. The summed E-state index contributed by atoms with van der Waals surface area (Å²) in [6.45, 7) is 1.82. The highest BCUT2D eigenvalue weighted by Gasteiger charge is 2.47. The number of nitrogens with zero attached hydrogens (tertiary/aromatic N) is 2. The van der Waals surface area contributed by atoms with Gasteiger partial charge in [-0.25, -0.2) is 4.98 Å². The number of rotatable bonds is 3. The van der Waals surface area contributed by atoms with E-state index in [1.54, 1.807) is 36.4 Å². The lowest BCUT2D eigenvalue weighted by Gasteiger charge is -2.24. The van der Waals surface area contributed by atoms with Crippen molar-refractivity contribution in [3.05, 3.63) is 101 Å². The van der Waals surface area contributed by atoms with E-state index in [4.69, 9.17) is 0 Å². The first-order valence-electron chi connectivity index (χ1n) is 8.93. The number of carbonyl (C=O) groups excluding carboxylic acids is 2. The minimum atomic E-state index is -0.754. The number of anilines is 1. The van der Waals surface area contributed by atoms with Crippen LogP contribution in [0.15, 0.2) is 84.4 Å². The zero-order valence-corrected chi connectivity index (χ0v) is 15.2. The molecule has 0 radical (unpaired) electrons. The molecule has 1 aliphatic heterocycles. The molecule has 0 aliphatic carbocycles. The van der Waals surface area contributed by atoms with E-state index in [2.05, 4.69) is 4.98 Å². The zero-order chi connectivity index (χ0) is 19.7. The SMILES string of the molecule is Cc1cccc(N2C(=O)C(=O)C(=C(O)c3ccccc3)[C@@H]2c2ccccc2)n1. The minimum absolute atomic E-state index is 0.0608. The van der Waals surface area contributed by atoms with Crippen LogP contribution in [0.5, 0.6) is 0 Å². The highest BCUT2D eigenvalue weighted by Crippen LogP contribution is 2.41. The molecule has 3 aromatic rings. The lowest BCUT2D eigenvalue weighted by molar-refractivity contribution is -0.132. The molecule has 5 heteroatoms. The lowest BCUT2D eigenvalue weighted by atomic mass is 9.95. The Morgan fingerprint density at radius 1 is 0.893 bits per heavy atom. The summed E-state index contributed by atoms with van der Waals surface area (Å²) in [4.78, 5) is 31.7. The molecule has 2 heterocycles. The van der Waals surface area contributed by atoms with Crippen LogP contribution in [0.4, 0.5) is 5.82 Å². The van der Waals surface area contributed by atoms with Crippen LogP contribution in [0.3, 0.4) is 0 Å². The van der Waals surface area contributed by atoms with Crippen LogP contribution in [0.2, 0.25) is 0 Å². The molecule has 1 N–H and O–H groups in total. The molecule has 0 unspecified atom stereocenters. The normalized spacial score (nSPS) is 18.5. The van der Waals surface area contributed by atoms with Crippen LogP contribution in [-0.2, 0) is 9.59 Å². The number of ketones is 1. The predicted molar refractivity (Wildman–Crippen MR) is 107 cm³/mol. The molecule has 138 valence electrons. The fourth-order valence-corrected chi connectivity index (χ4v) is 3.43. The third-order valence-electron chi connectivity index (χ3n) is 4.73. The first kappa shape index (κ1) is 17.7. The molecule has 1 aromatic heterocycles. The number of pyridine rings is 1. The van der Waals surface area contributed by atoms with Gasteiger partial charge in [0, 0.05) is 11.3 Å². The second kappa shape index (κ2) is 7.12. The molecule has 1 amide bonds. The fourth-order valence-electron chi connectivity index (χ4n) is 3.43. The topological polar surface area (TPSA) is 70.5 Å². The Hall–Kier alpha value is -3.73. The van der Waals surface area contributed by atoms with Crippen molar-refractivity contribution in [3.8, 4) is 0 Å². The van der Waals surface area contributed by atoms with Gasteiger partial charge < -0.3 is 5.11 Å². The van der Waals surface area contributed by atoms with Gasteiger partial charge in [-0.3, -0.25) is 14.5 Å². The first-order chi connectivity index (χ1) is 13.6. The Morgan fingerprint density at radius 3 is 2.18 bits per heavy atom.